The van der Waals surface area contributed by atoms with Gasteiger partial charge in [0.05, 0.1) is 29.6 Å². The van der Waals surface area contributed by atoms with Crippen molar-refractivity contribution < 1.29 is 18.0 Å². The quantitative estimate of drug-likeness (QED) is 0.612. The van der Waals surface area contributed by atoms with Gasteiger partial charge in [0.15, 0.2) is 5.78 Å². The minimum atomic E-state index is -3.28. The number of primary amides is 1. The monoisotopic (exact) mass is 452 g/mol. The Morgan fingerprint density at radius 3 is 2.40 bits per heavy atom. The van der Waals surface area contributed by atoms with Crippen molar-refractivity contribution >= 4 is 33.1 Å². The first-order chi connectivity index (χ1) is 14.1. The van der Waals surface area contributed by atoms with Crippen LogP contribution in [-0.4, -0.2) is 71.9 Å². The molecule has 3 heterocycles. The van der Waals surface area contributed by atoms with Crippen LogP contribution in [-0.2, 0) is 16.6 Å². The zero-order valence-corrected chi connectivity index (χ0v) is 19.1. The van der Waals surface area contributed by atoms with Crippen LogP contribution < -0.4 is 5.73 Å². The van der Waals surface area contributed by atoms with Crippen LogP contribution in [0.2, 0.25) is 0 Å². The predicted molar refractivity (Wildman–Crippen MR) is 118 cm³/mol. The minimum absolute atomic E-state index is 0.109. The number of hydrogen-bond acceptors (Lipinski definition) is 6. The summed E-state index contributed by atoms with van der Waals surface area (Å²) in [6.45, 7) is 7.53. The molecule has 2 N–H and O–H groups in total. The van der Waals surface area contributed by atoms with Crippen molar-refractivity contribution in [3.8, 4) is 0 Å². The van der Waals surface area contributed by atoms with Gasteiger partial charge in [-0.2, -0.15) is 4.31 Å². The van der Waals surface area contributed by atoms with Crippen molar-refractivity contribution in [3.63, 3.8) is 0 Å². The maximum Gasteiger partial charge on any atom is 0.250 e. The molecule has 0 saturated carbocycles. The van der Waals surface area contributed by atoms with Crippen molar-refractivity contribution in [3.05, 3.63) is 45.4 Å². The largest absolute Gasteiger partial charge is 0.366 e. The third-order valence-electron chi connectivity index (χ3n) is 5.47. The van der Waals surface area contributed by atoms with Gasteiger partial charge in [-0.1, -0.05) is 6.07 Å². The maximum atomic E-state index is 13.1. The summed E-state index contributed by atoms with van der Waals surface area (Å²) >= 11 is 1.58. The highest BCUT2D eigenvalue weighted by atomic mass is 32.2. The molecule has 1 aliphatic heterocycles. The van der Waals surface area contributed by atoms with Crippen LogP contribution in [0.1, 0.15) is 45.3 Å². The summed E-state index contributed by atoms with van der Waals surface area (Å²) in [7, 11) is -3.28. The first kappa shape index (κ1) is 22.7. The van der Waals surface area contributed by atoms with Crippen LogP contribution in [0.4, 0.5) is 0 Å². The second-order valence-corrected chi connectivity index (χ2v) is 11.3. The van der Waals surface area contributed by atoms with E-state index in [2.05, 4.69) is 0 Å². The number of aromatic nitrogens is 1. The lowest BCUT2D eigenvalue weighted by molar-refractivity contribution is 0.0892. The van der Waals surface area contributed by atoms with Crippen molar-refractivity contribution in [1.29, 1.82) is 0 Å². The molecule has 1 saturated heterocycles. The van der Waals surface area contributed by atoms with Gasteiger partial charge in [0.2, 0.25) is 10.0 Å². The molecule has 1 amide bonds. The normalized spacial score (nSPS) is 16.3. The van der Waals surface area contributed by atoms with Gasteiger partial charge in [0, 0.05) is 36.8 Å². The molecule has 0 radical (unpaired) electrons. The van der Waals surface area contributed by atoms with Gasteiger partial charge in [-0.05, 0) is 38.3 Å². The summed E-state index contributed by atoms with van der Waals surface area (Å²) in [6, 6.07) is 5.50. The number of amides is 1. The zero-order valence-electron chi connectivity index (χ0n) is 17.5. The van der Waals surface area contributed by atoms with Crippen LogP contribution in [0.25, 0.3) is 0 Å². The van der Waals surface area contributed by atoms with Crippen LogP contribution >= 0.6 is 11.3 Å². The number of piperazine rings is 1. The van der Waals surface area contributed by atoms with E-state index >= 15 is 0 Å². The summed E-state index contributed by atoms with van der Waals surface area (Å²) < 4.78 is 28.0. The van der Waals surface area contributed by atoms with Crippen LogP contribution in [0.15, 0.2) is 23.6 Å². The fourth-order valence-corrected chi connectivity index (χ4v) is 5.57. The number of sulfonamides is 1. The van der Waals surface area contributed by atoms with Gasteiger partial charge in [-0.25, -0.2) is 8.42 Å². The first-order valence-corrected chi connectivity index (χ1v) is 12.3. The third kappa shape index (κ3) is 4.66. The highest BCUT2D eigenvalue weighted by Gasteiger charge is 2.30. The van der Waals surface area contributed by atoms with E-state index in [1.807, 2.05) is 27.0 Å². The predicted octanol–water partition coefficient (Wildman–Crippen LogP) is 1.54. The number of nitrogens with zero attached hydrogens (tertiary/aromatic N) is 3. The fraction of sp³-hybridized carbons (Fsp3) is 0.500. The Morgan fingerprint density at radius 1 is 1.20 bits per heavy atom. The van der Waals surface area contributed by atoms with E-state index < -0.39 is 21.2 Å². The standard InChI is InChI=1S/C20H28N4O4S2/c1-14(2)30(27,28)23-8-6-22(7-9-23)13-19(25)18-11-17(20(21)26)15(3)24(18)12-16-5-4-10-29-16/h4-5,10-11,14H,6-9,12-13H2,1-3H3,(H2,21,26). The van der Waals surface area contributed by atoms with Crippen molar-refractivity contribution in [1.82, 2.24) is 13.8 Å². The molecule has 1 aliphatic rings. The van der Waals surface area contributed by atoms with E-state index in [1.54, 1.807) is 38.2 Å². The number of nitrogens with two attached hydrogens (primary N) is 1. The van der Waals surface area contributed by atoms with E-state index in [9.17, 15) is 18.0 Å². The van der Waals surface area contributed by atoms with E-state index in [0.29, 0.717) is 49.7 Å². The molecule has 1 fully saturated rings. The number of Topliss-reactive ketones (excluding diaryl/α,β-unsaturated/α-hetero) is 1. The number of thiophene rings is 1. The van der Waals surface area contributed by atoms with E-state index in [0.717, 1.165) is 4.88 Å². The van der Waals surface area contributed by atoms with E-state index in [4.69, 9.17) is 5.73 Å². The van der Waals surface area contributed by atoms with Crippen molar-refractivity contribution in [2.45, 2.75) is 32.6 Å². The lowest BCUT2D eigenvalue weighted by Gasteiger charge is -2.34. The number of hydrogen-bond donors (Lipinski definition) is 1. The Bertz CT molecular complexity index is 1020. The van der Waals surface area contributed by atoms with Gasteiger partial charge in [0.1, 0.15) is 0 Å². The highest BCUT2D eigenvalue weighted by Crippen LogP contribution is 2.21. The Balaban J connectivity index is 1.74. The Labute approximate surface area is 181 Å². The number of carbonyl (C=O) groups is 2. The van der Waals surface area contributed by atoms with Gasteiger partial charge >= 0.3 is 0 Å². The Kier molecular flexibility index (Phi) is 6.81. The lowest BCUT2D eigenvalue weighted by atomic mass is 10.2. The molecule has 2 aromatic rings. The average molecular weight is 453 g/mol. The summed E-state index contributed by atoms with van der Waals surface area (Å²) in [5, 5.41) is 1.51. The molecule has 0 aliphatic carbocycles. The molecule has 0 bridgehead atoms. The van der Waals surface area contributed by atoms with Crippen LogP contribution in [0, 0.1) is 6.92 Å². The summed E-state index contributed by atoms with van der Waals surface area (Å²) in [5.74, 6) is -0.665. The second-order valence-electron chi connectivity index (χ2n) is 7.75. The molecule has 0 aromatic carbocycles. The number of carbonyl (C=O) groups excluding carboxylic acids is 2. The molecule has 30 heavy (non-hydrogen) atoms. The number of ketones is 1. The Morgan fingerprint density at radius 2 is 1.87 bits per heavy atom. The molecular weight excluding hydrogens is 424 g/mol. The average Bonchev–Trinajstić information content (AvgIpc) is 3.31. The summed E-state index contributed by atoms with van der Waals surface area (Å²) in [4.78, 5) is 27.9. The molecule has 8 nitrogen and oxygen atoms in total. The fourth-order valence-electron chi connectivity index (χ4n) is 3.61. The van der Waals surface area contributed by atoms with Gasteiger partial charge in [-0.15, -0.1) is 11.3 Å². The zero-order chi connectivity index (χ0) is 22.1. The maximum absolute atomic E-state index is 13.1. The van der Waals surface area contributed by atoms with Crippen molar-refractivity contribution in [2.75, 3.05) is 32.7 Å². The second kappa shape index (κ2) is 9.01. The van der Waals surface area contributed by atoms with Gasteiger partial charge < -0.3 is 10.3 Å². The first-order valence-electron chi connectivity index (χ1n) is 9.88. The van der Waals surface area contributed by atoms with Gasteiger partial charge in [-0.3, -0.25) is 14.5 Å². The summed E-state index contributed by atoms with van der Waals surface area (Å²) in [5.41, 5.74) is 6.98. The SMILES string of the molecule is Cc1c(C(N)=O)cc(C(=O)CN2CCN(S(=O)(=O)C(C)C)CC2)n1Cc1cccs1. The molecule has 2 aromatic heterocycles. The molecule has 0 unspecified atom stereocenters. The van der Waals surface area contributed by atoms with Crippen molar-refractivity contribution in [2.24, 2.45) is 5.73 Å². The molecule has 164 valence electrons. The van der Waals surface area contributed by atoms with Crippen LogP contribution in [0.5, 0.6) is 0 Å². The molecule has 0 atom stereocenters. The summed E-state index contributed by atoms with van der Waals surface area (Å²) in [6.07, 6.45) is 0. The van der Waals surface area contributed by atoms with Gasteiger partial charge in [0.25, 0.3) is 5.91 Å². The smallest absolute Gasteiger partial charge is 0.250 e. The number of rotatable bonds is 8. The molecule has 0 spiro atoms. The highest BCUT2D eigenvalue weighted by molar-refractivity contribution is 7.89. The molecular formula is C20H28N4O4S2. The minimum Gasteiger partial charge on any atom is -0.366 e. The van der Waals surface area contributed by atoms with E-state index in [-0.39, 0.29) is 12.3 Å². The third-order valence-corrected chi connectivity index (χ3v) is 8.60. The molecule has 10 heteroatoms. The lowest BCUT2D eigenvalue weighted by Crippen LogP contribution is -2.51. The Hall–Kier alpha value is -2.01. The van der Waals surface area contributed by atoms with Crippen LogP contribution in [0.3, 0.4) is 0 Å². The topological polar surface area (TPSA) is 106 Å². The van der Waals surface area contributed by atoms with E-state index in [1.165, 1.54) is 4.31 Å². The molecule has 3 rings (SSSR count).